The number of hydrogen-bond acceptors (Lipinski definition) is 5. The van der Waals surface area contributed by atoms with Gasteiger partial charge in [-0.2, -0.15) is 0 Å². The summed E-state index contributed by atoms with van der Waals surface area (Å²) < 4.78 is 10.8. The lowest BCUT2D eigenvalue weighted by Gasteiger charge is -2.15. The van der Waals surface area contributed by atoms with Gasteiger partial charge in [0.25, 0.3) is 0 Å². The average molecular weight is 1070 g/mol. The zero-order chi connectivity index (χ0) is 54.8. The number of aliphatic hydroxyl groups excluding tert-OH is 1. The van der Waals surface area contributed by atoms with Crippen molar-refractivity contribution in [2.45, 2.75) is 380 Å². The summed E-state index contributed by atoms with van der Waals surface area (Å²) in [5.74, 6) is -0.569. The van der Waals surface area contributed by atoms with Crippen LogP contribution in [0.1, 0.15) is 373 Å². The Bertz CT molecular complexity index is 1250. The van der Waals surface area contributed by atoms with Crippen LogP contribution in [-0.4, -0.2) is 36.4 Å². The molecule has 0 aliphatic carbocycles. The molecule has 0 radical (unpaired) electrons. The van der Waals surface area contributed by atoms with Gasteiger partial charge in [0, 0.05) is 12.8 Å². The minimum absolute atomic E-state index is 0.0606. The minimum Gasteiger partial charge on any atom is -0.462 e. The third-order valence-electron chi connectivity index (χ3n) is 15.6. The van der Waals surface area contributed by atoms with Crippen LogP contribution in [0.25, 0.3) is 0 Å². The summed E-state index contributed by atoms with van der Waals surface area (Å²) in [6.45, 7) is 4.17. The first kappa shape index (κ1) is 73.9. The summed E-state index contributed by atoms with van der Waals surface area (Å²) in [6.07, 6.45) is 90.0. The number of esters is 2. The maximum Gasteiger partial charge on any atom is 0.306 e. The molecule has 446 valence electrons. The second-order valence-corrected chi connectivity index (χ2v) is 23.3. The van der Waals surface area contributed by atoms with Crippen molar-refractivity contribution in [3.05, 3.63) is 48.6 Å². The molecule has 0 aromatic heterocycles. The number of rotatable bonds is 64. The fourth-order valence-electron chi connectivity index (χ4n) is 10.4. The Hall–Kier alpha value is -2.14. The van der Waals surface area contributed by atoms with E-state index in [0.717, 1.165) is 51.4 Å². The molecule has 0 heterocycles. The molecule has 0 aromatic carbocycles. The fourth-order valence-corrected chi connectivity index (χ4v) is 10.4. The number of aliphatic hydroxyl groups is 1. The predicted octanol–water partition coefficient (Wildman–Crippen LogP) is 23.5. The van der Waals surface area contributed by atoms with Crippen molar-refractivity contribution in [3.63, 3.8) is 0 Å². The Balaban J connectivity index is 3.40. The van der Waals surface area contributed by atoms with Crippen LogP contribution < -0.4 is 0 Å². The zero-order valence-corrected chi connectivity index (χ0v) is 51.3. The summed E-state index contributed by atoms with van der Waals surface area (Å²) in [5.41, 5.74) is 0. The number of allylic oxidation sites excluding steroid dienone is 8. The van der Waals surface area contributed by atoms with Gasteiger partial charge in [-0.3, -0.25) is 9.59 Å². The number of carbonyl (C=O) groups is 2. The van der Waals surface area contributed by atoms with Crippen molar-refractivity contribution in [1.29, 1.82) is 0 Å². The van der Waals surface area contributed by atoms with E-state index in [-0.39, 0.29) is 25.2 Å². The van der Waals surface area contributed by atoms with E-state index in [4.69, 9.17) is 9.47 Å². The highest BCUT2D eigenvalue weighted by molar-refractivity contribution is 5.70. The lowest BCUT2D eigenvalue weighted by Crippen LogP contribution is -2.28. The molecular formula is C71H132O5. The van der Waals surface area contributed by atoms with E-state index in [2.05, 4.69) is 62.5 Å². The van der Waals surface area contributed by atoms with Crippen LogP contribution in [0.5, 0.6) is 0 Å². The standard InChI is InChI=1S/C71H132O5/c1-3-5-7-9-11-13-15-17-19-21-23-25-27-29-31-33-35-37-39-41-43-45-47-49-51-53-55-57-59-61-63-65-70(73)75-68-69(67-72)76-71(74)66-64-62-60-58-56-54-52-50-48-46-44-42-40-38-36-34-32-30-28-26-24-22-20-18-16-14-12-10-8-6-4-2/h15-18,21-24,69,72H,3-14,19-20,25-68H2,1-2H3/b17-15-,18-16-,23-21-,24-22-. The van der Waals surface area contributed by atoms with E-state index in [1.54, 1.807) is 0 Å². The molecule has 0 saturated heterocycles. The number of unbranched alkanes of at least 4 members (excludes halogenated alkanes) is 48. The molecule has 0 fully saturated rings. The van der Waals surface area contributed by atoms with E-state index in [1.165, 1.54) is 295 Å². The van der Waals surface area contributed by atoms with Crippen molar-refractivity contribution in [2.75, 3.05) is 13.2 Å². The predicted molar refractivity (Wildman–Crippen MR) is 334 cm³/mol. The van der Waals surface area contributed by atoms with Crippen molar-refractivity contribution in [2.24, 2.45) is 0 Å². The monoisotopic (exact) mass is 1070 g/mol. The SMILES string of the molecule is CCCCCCC/C=C\C/C=C\CCCCCCCCCCCCCCCCCCCCCC(=O)OCC(CO)OC(=O)CCCCCCCCCCCCCCCCCCCCC/C=C\C/C=C\CCCCCCC. The van der Waals surface area contributed by atoms with Crippen LogP contribution in [0.15, 0.2) is 48.6 Å². The Morgan fingerprint density at radius 3 is 0.776 bits per heavy atom. The van der Waals surface area contributed by atoms with E-state index in [9.17, 15) is 14.7 Å². The van der Waals surface area contributed by atoms with E-state index in [1.807, 2.05) is 0 Å². The first-order valence-electron chi connectivity index (χ1n) is 34.2. The van der Waals surface area contributed by atoms with Gasteiger partial charge in [-0.05, 0) is 77.0 Å². The van der Waals surface area contributed by atoms with Gasteiger partial charge in [-0.25, -0.2) is 0 Å². The Morgan fingerprint density at radius 2 is 0.526 bits per heavy atom. The summed E-state index contributed by atoms with van der Waals surface area (Å²) in [7, 11) is 0. The van der Waals surface area contributed by atoms with Crippen LogP contribution in [0.3, 0.4) is 0 Å². The highest BCUT2D eigenvalue weighted by atomic mass is 16.6. The molecule has 0 spiro atoms. The molecule has 0 saturated carbocycles. The molecule has 0 bridgehead atoms. The fraction of sp³-hybridized carbons (Fsp3) is 0.859. The summed E-state index contributed by atoms with van der Waals surface area (Å²) in [4.78, 5) is 24.6. The summed E-state index contributed by atoms with van der Waals surface area (Å²) in [5, 5.41) is 9.70. The Morgan fingerprint density at radius 1 is 0.303 bits per heavy atom. The molecule has 0 aliphatic heterocycles. The van der Waals surface area contributed by atoms with Gasteiger partial charge in [-0.15, -0.1) is 0 Å². The minimum atomic E-state index is -0.771. The van der Waals surface area contributed by atoms with Crippen molar-refractivity contribution >= 4 is 11.9 Å². The van der Waals surface area contributed by atoms with Crippen molar-refractivity contribution in [3.8, 4) is 0 Å². The van der Waals surface area contributed by atoms with E-state index in [0.29, 0.717) is 12.8 Å². The van der Waals surface area contributed by atoms with Crippen molar-refractivity contribution < 1.29 is 24.2 Å². The molecule has 0 aliphatic rings. The smallest absolute Gasteiger partial charge is 0.306 e. The largest absolute Gasteiger partial charge is 0.462 e. The van der Waals surface area contributed by atoms with Gasteiger partial charge in [0.15, 0.2) is 6.10 Å². The topological polar surface area (TPSA) is 72.8 Å². The molecule has 76 heavy (non-hydrogen) atoms. The molecule has 0 amide bonds. The van der Waals surface area contributed by atoms with Gasteiger partial charge in [0.2, 0.25) is 0 Å². The zero-order valence-electron chi connectivity index (χ0n) is 51.3. The molecule has 1 atom stereocenters. The lowest BCUT2D eigenvalue weighted by atomic mass is 10.0. The second kappa shape index (κ2) is 67.1. The number of hydrogen-bond donors (Lipinski definition) is 1. The molecule has 1 unspecified atom stereocenters. The molecule has 5 nitrogen and oxygen atoms in total. The van der Waals surface area contributed by atoms with Crippen molar-refractivity contribution in [1.82, 2.24) is 0 Å². The van der Waals surface area contributed by atoms with Crippen LogP contribution in [0.2, 0.25) is 0 Å². The first-order valence-corrected chi connectivity index (χ1v) is 34.2. The maximum atomic E-state index is 12.4. The summed E-state index contributed by atoms with van der Waals surface area (Å²) in [6, 6.07) is 0. The molecular weight excluding hydrogens is 933 g/mol. The quantitative estimate of drug-likeness (QED) is 0.0373. The lowest BCUT2D eigenvalue weighted by molar-refractivity contribution is -0.161. The van der Waals surface area contributed by atoms with Gasteiger partial charge in [0.1, 0.15) is 6.61 Å². The highest BCUT2D eigenvalue weighted by Crippen LogP contribution is 2.18. The van der Waals surface area contributed by atoms with Crippen LogP contribution >= 0.6 is 0 Å². The van der Waals surface area contributed by atoms with Crippen LogP contribution in [0.4, 0.5) is 0 Å². The van der Waals surface area contributed by atoms with Gasteiger partial charge in [0.05, 0.1) is 6.61 Å². The van der Waals surface area contributed by atoms with Gasteiger partial charge >= 0.3 is 11.9 Å². The second-order valence-electron chi connectivity index (χ2n) is 23.3. The molecule has 5 heteroatoms. The summed E-state index contributed by atoms with van der Waals surface area (Å²) >= 11 is 0. The average Bonchev–Trinajstić information content (AvgIpc) is 3.42. The maximum absolute atomic E-state index is 12.4. The van der Waals surface area contributed by atoms with Crippen LogP contribution in [0, 0.1) is 0 Å². The molecule has 0 aromatic rings. The number of ether oxygens (including phenoxy) is 2. The first-order chi connectivity index (χ1) is 37.6. The number of carbonyl (C=O) groups excluding carboxylic acids is 2. The highest BCUT2D eigenvalue weighted by Gasteiger charge is 2.16. The van der Waals surface area contributed by atoms with E-state index >= 15 is 0 Å². The third kappa shape index (κ3) is 64.4. The van der Waals surface area contributed by atoms with Gasteiger partial charge < -0.3 is 14.6 Å². The van der Waals surface area contributed by atoms with Crippen LogP contribution in [-0.2, 0) is 19.1 Å². The molecule has 1 N–H and O–H groups in total. The normalized spacial score (nSPS) is 12.4. The van der Waals surface area contributed by atoms with Gasteiger partial charge in [-0.1, -0.05) is 332 Å². The van der Waals surface area contributed by atoms with E-state index < -0.39 is 6.10 Å². The Kier molecular flexibility index (Phi) is 65.2. The third-order valence-corrected chi connectivity index (χ3v) is 15.6. The molecule has 0 rings (SSSR count). The Labute approximate surface area is 475 Å².